The van der Waals surface area contributed by atoms with Gasteiger partial charge in [-0.15, -0.1) is 0 Å². The first-order valence-electron chi connectivity index (χ1n) is 9.29. The third kappa shape index (κ3) is 3.96. The van der Waals surface area contributed by atoms with Gasteiger partial charge in [0.2, 0.25) is 0 Å². The number of rotatable bonds is 6. The lowest BCUT2D eigenvalue weighted by Gasteiger charge is -2.16. The van der Waals surface area contributed by atoms with Gasteiger partial charge in [-0.3, -0.25) is 0 Å². The van der Waals surface area contributed by atoms with Crippen LogP contribution in [0.1, 0.15) is 34.6 Å². The molecule has 0 aromatic heterocycles. The number of benzene rings is 3. The summed E-state index contributed by atoms with van der Waals surface area (Å²) in [7, 11) is 0. The van der Waals surface area contributed by atoms with Crippen LogP contribution in [0.3, 0.4) is 0 Å². The fraction of sp³-hybridized carbons (Fsp3) is 0.167. The second-order valence-electron chi connectivity index (χ2n) is 6.08. The van der Waals surface area contributed by atoms with Crippen LogP contribution in [0.4, 0.5) is 0 Å². The molecule has 0 N–H and O–H groups in total. The smallest absolute Gasteiger partial charge is 0.339 e. The molecular formula is C24H22O4. The van der Waals surface area contributed by atoms with Gasteiger partial charge in [-0.1, -0.05) is 66.7 Å². The van der Waals surface area contributed by atoms with Gasteiger partial charge in [0.1, 0.15) is 0 Å². The third-order valence-corrected chi connectivity index (χ3v) is 4.34. The molecule has 0 aliphatic heterocycles. The summed E-state index contributed by atoms with van der Waals surface area (Å²) in [5.74, 6) is -1.08. The summed E-state index contributed by atoms with van der Waals surface area (Å²) in [5, 5.41) is 0. The molecule has 0 radical (unpaired) electrons. The van der Waals surface area contributed by atoms with Crippen LogP contribution in [0, 0.1) is 0 Å². The maximum Gasteiger partial charge on any atom is 0.339 e. The second-order valence-corrected chi connectivity index (χ2v) is 6.08. The van der Waals surface area contributed by atoms with E-state index in [-0.39, 0.29) is 24.3 Å². The highest BCUT2D eigenvalue weighted by Gasteiger charge is 2.24. The zero-order valence-electron chi connectivity index (χ0n) is 16.0. The lowest BCUT2D eigenvalue weighted by molar-refractivity contribution is 0.0479. The Morgan fingerprint density at radius 1 is 0.643 bits per heavy atom. The van der Waals surface area contributed by atoms with E-state index in [1.807, 2.05) is 60.7 Å². The number of hydrogen-bond donors (Lipinski definition) is 0. The van der Waals surface area contributed by atoms with Crippen LogP contribution in [0.15, 0.2) is 72.8 Å². The highest BCUT2D eigenvalue weighted by Crippen LogP contribution is 2.35. The number of carbonyl (C=O) groups is 2. The van der Waals surface area contributed by atoms with Crippen molar-refractivity contribution in [2.24, 2.45) is 0 Å². The van der Waals surface area contributed by atoms with Gasteiger partial charge in [0, 0.05) is 0 Å². The van der Waals surface area contributed by atoms with E-state index in [4.69, 9.17) is 9.47 Å². The predicted octanol–water partition coefficient (Wildman–Crippen LogP) is 5.37. The topological polar surface area (TPSA) is 52.6 Å². The van der Waals surface area contributed by atoms with E-state index in [1.54, 1.807) is 26.0 Å². The normalized spacial score (nSPS) is 10.4. The Bertz CT molecular complexity index is 977. The Hall–Kier alpha value is -3.40. The average Bonchev–Trinajstić information content (AvgIpc) is 2.74. The number of ether oxygens (including phenoxy) is 2. The molecule has 0 saturated carbocycles. The SMILES string of the molecule is CCOC(=O)c1cccc(-c2ccccc2-c2ccccc2)c1C(=O)OCC. The van der Waals surface area contributed by atoms with E-state index in [0.29, 0.717) is 5.56 Å². The first-order chi connectivity index (χ1) is 13.7. The van der Waals surface area contributed by atoms with Gasteiger partial charge in [-0.2, -0.15) is 0 Å². The first kappa shape index (κ1) is 19.4. The summed E-state index contributed by atoms with van der Waals surface area (Å²) in [6.45, 7) is 3.92. The zero-order chi connectivity index (χ0) is 19.9. The van der Waals surface area contributed by atoms with Gasteiger partial charge < -0.3 is 9.47 Å². The van der Waals surface area contributed by atoms with Crippen molar-refractivity contribution in [1.82, 2.24) is 0 Å². The van der Waals surface area contributed by atoms with Crippen molar-refractivity contribution in [2.45, 2.75) is 13.8 Å². The van der Waals surface area contributed by atoms with Crippen molar-refractivity contribution in [1.29, 1.82) is 0 Å². The molecule has 3 rings (SSSR count). The highest BCUT2D eigenvalue weighted by molar-refractivity contribution is 6.09. The fourth-order valence-corrected chi connectivity index (χ4v) is 3.17. The Labute approximate surface area is 164 Å². The first-order valence-corrected chi connectivity index (χ1v) is 9.29. The van der Waals surface area contributed by atoms with Gasteiger partial charge in [0.15, 0.2) is 0 Å². The van der Waals surface area contributed by atoms with Crippen LogP contribution in [0.25, 0.3) is 22.3 Å². The van der Waals surface area contributed by atoms with Gasteiger partial charge >= 0.3 is 11.9 Å². The van der Waals surface area contributed by atoms with Crippen LogP contribution in [-0.2, 0) is 9.47 Å². The van der Waals surface area contributed by atoms with E-state index in [2.05, 4.69) is 0 Å². The monoisotopic (exact) mass is 374 g/mol. The minimum Gasteiger partial charge on any atom is -0.462 e. The van der Waals surface area contributed by atoms with Crippen LogP contribution < -0.4 is 0 Å². The van der Waals surface area contributed by atoms with E-state index in [0.717, 1.165) is 16.7 Å². The minimum atomic E-state index is -0.538. The molecule has 0 aliphatic carbocycles. The maximum atomic E-state index is 12.8. The molecule has 0 heterocycles. The number of carbonyl (C=O) groups excluding carboxylic acids is 2. The Balaban J connectivity index is 2.25. The Kier molecular flexibility index (Phi) is 6.22. The molecule has 0 bridgehead atoms. The Morgan fingerprint density at radius 3 is 1.89 bits per heavy atom. The van der Waals surface area contributed by atoms with Crippen molar-refractivity contribution >= 4 is 11.9 Å². The van der Waals surface area contributed by atoms with Crippen LogP contribution in [0.5, 0.6) is 0 Å². The molecule has 4 heteroatoms. The van der Waals surface area contributed by atoms with E-state index in [9.17, 15) is 9.59 Å². The van der Waals surface area contributed by atoms with Crippen molar-refractivity contribution in [3.8, 4) is 22.3 Å². The van der Waals surface area contributed by atoms with E-state index < -0.39 is 11.9 Å². The summed E-state index contributed by atoms with van der Waals surface area (Å²) in [5.41, 5.74) is 3.92. The van der Waals surface area contributed by atoms with Gasteiger partial charge in [0.05, 0.1) is 24.3 Å². The summed E-state index contributed by atoms with van der Waals surface area (Å²) >= 11 is 0. The summed E-state index contributed by atoms with van der Waals surface area (Å²) < 4.78 is 10.4. The quantitative estimate of drug-likeness (QED) is 0.544. The second kappa shape index (κ2) is 9.00. The van der Waals surface area contributed by atoms with E-state index >= 15 is 0 Å². The molecule has 0 unspecified atom stereocenters. The summed E-state index contributed by atoms with van der Waals surface area (Å²) in [6, 6.07) is 22.9. The minimum absolute atomic E-state index is 0.209. The molecular weight excluding hydrogens is 352 g/mol. The number of hydrogen-bond acceptors (Lipinski definition) is 4. The van der Waals surface area contributed by atoms with Gasteiger partial charge in [-0.25, -0.2) is 9.59 Å². The molecule has 4 nitrogen and oxygen atoms in total. The van der Waals surface area contributed by atoms with Crippen LogP contribution >= 0.6 is 0 Å². The zero-order valence-corrected chi connectivity index (χ0v) is 16.0. The lowest BCUT2D eigenvalue weighted by atomic mass is 9.90. The highest BCUT2D eigenvalue weighted by atomic mass is 16.5. The van der Waals surface area contributed by atoms with Crippen LogP contribution in [-0.4, -0.2) is 25.2 Å². The van der Waals surface area contributed by atoms with E-state index in [1.165, 1.54) is 0 Å². The van der Waals surface area contributed by atoms with Crippen LogP contribution in [0.2, 0.25) is 0 Å². The molecule has 0 spiro atoms. The largest absolute Gasteiger partial charge is 0.462 e. The van der Waals surface area contributed by atoms with Crippen molar-refractivity contribution in [2.75, 3.05) is 13.2 Å². The third-order valence-electron chi connectivity index (χ3n) is 4.34. The number of esters is 2. The molecule has 142 valence electrons. The average molecular weight is 374 g/mol. The van der Waals surface area contributed by atoms with Gasteiger partial charge in [0.25, 0.3) is 0 Å². The molecule has 28 heavy (non-hydrogen) atoms. The van der Waals surface area contributed by atoms with Gasteiger partial charge in [-0.05, 0) is 42.2 Å². The fourth-order valence-electron chi connectivity index (χ4n) is 3.17. The molecule has 0 amide bonds. The molecule has 0 fully saturated rings. The van der Waals surface area contributed by atoms with Crippen molar-refractivity contribution in [3.63, 3.8) is 0 Å². The molecule has 0 aliphatic rings. The molecule has 3 aromatic carbocycles. The Morgan fingerprint density at radius 2 is 1.21 bits per heavy atom. The van der Waals surface area contributed by atoms with Crippen molar-refractivity contribution in [3.05, 3.63) is 83.9 Å². The predicted molar refractivity (Wildman–Crippen MR) is 109 cm³/mol. The molecule has 0 atom stereocenters. The lowest BCUT2D eigenvalue weighted by Crippen LogP contribution is -2.15. The summed E-state index contributed by atoms with van der Waals surface area (Å²) in [6.07, 6.45) is 0. The standard InChI is InChI=1S/C24H22O4/c1-3-27-23(25)21-16-10-15-20(22(21)24(26)28-4-2)19-14-9-8-13-18(19)17-11-6-5-7-12-17/h5-16H,3-4H2,1-2H3. The molecule has 3 aromatic rings. The summed E-state index contributed by atoms with van der Waals surface area (Å²) in [4.78, 5) is 25.3. The maximum absolute atomic E-state index is 12.8. The molecule has 0 saturated heterocycles. The van der Waals surface area contributed by atoms with Crippen molar-refractivity contribution < 1.29 is 19.1 Å².